The van der Waals surface area contributed by atoms with Crippen LogP contribution in [-0.4, -0.2) is 73.2 Å². The number of hydrogen-bond donors (Lipinski definition) is 6. The fourth-order valence-electron chi connectivity index (χ4n) is 6.65. The molecule has 62 heavy (non-hydrogen) atoms. The molecule has 0 radical (unpaired) electrons. The monoisotopic (exact) mass is 884 g/mol. The number of nitrogens with one attached hydrogen (secondary N) is 4. The van der Waals surface area contributed by atoms with Crippen LogP contribution in [0.1, 0.15) is 56.3 Å². The van der Waals surface area contributed by atoms with E-state index in [1.807, 2.05) is 48.5 Å². The van der Waals surface area contributed by atoms with Gasteiger partial charge in [-0.3, -0.25) is 24.3 Å². The molecule has 21 heteroatoms. The molecule has 1 aliphatic carbocycles. The molecule has 0 fully saturated rings. The Hall–Kier alpha value is -6.06. The third kappa shape index (κ3) is 13.7. The number of carbonyl (C=O) groups excluding carboxylic acids is 5. The van der Waals surface area contributed by atoms with Gasteiger partial charge in [0.05, 0.1) is 4.92 Å². The minimum absolute atomic E-state index is 0. The third-order valence-electron chi connectivity index (χ3n) is 9.57. The summed E-state index contributed by atoms with van der Waals surface area (Å²) in [4.78, 5) is 74.5. The second-order valence-corrected chi connectivity index (χ2v) is 15.7. The number of benzene rings is 4. The number of urea groups is 1. The van der Waals surface area contributed by atoms with Crippen molar-refractivity contribution in [3.8, 4) is 16.9 Å². The first kappa shape index (κ1) is 48.6. The smallest absolute Gasteiger partial charge is 1.00 e. The van der Waals surface area contributed by atoms with Crippen LogP contribution < -0.4 is 61.3 Å². The van der Waals surface area contributed by atoms with Crippen LogP contribution in [0.5, 0.6) is 5.75 Å². The molecule has 0 bridgehead atoms. The zero-order valence-corrected chi connectivity index (χ0v) is 36.8. The zero-order chi connectivity index (χ0) is 44.3. The quantitative estimate of drug-likeness (QED) is 0.0159. The van der Waals surface area contributed by atoms with E-state index in [-0.39, 0.29) is 91.1 Å². The molecule has 19 nitrogen and oxygen atoms in total. The number of alkyl carbamates (subject to hydrolysis) is 1. The topological polar surface area (TPSA) is 285 Å². The summed E-state index contributed by atoms with van der Waals surface area (Å²) in [5.74, 6) is -3.17. The van der Waals surface area contributed by atoms with Gasteiger partial charge in [0.25, 0.3) is 15.8 Å². The number of anilines is 1. The van der Waals surface area contributed by atoms with E-state index in [1.165, 1.54) is 30.3 Å². The van der Waals surface area contributed by atoms with Gasteiger partial charge in [0.1, 0.15) is 36.8 Å². The molecule has 0 aromatic heterocycles. The summed E-state index contributed by atoms with van der Waals surface area (Å²) in [7, 11) is -4.65. The first-order chi connectivity index (χ1) is 29.0. The van der Waals surface area contributed by atoms with Crippen LogP contribution in [-0.2, 0) is 41.5 Å². The van der Waals surface area contributed by atoms with Crippen molar-refractivity contribution in [1.82, 2.24) is 16.0 Å². The molecular weight excluding hydrogens is 840 g/mol. The summed E-state index contributed by atoms with van der Waals surface area (Å²) >= 11 is 0. The molecule has 5 rings (SSSR count). The van der Waals surface area contributed by atoms with Crippen LogP contribution in [0.4, 0.5) is 25.8 Å². The molecule has 324 valence electrons. The second kappa shape index (κ2) is 22.2. The number of amides is 5. The van der Waals surface area contributed by atoms with Gasteiger partial charge in [-0.15, -0.1) is 0 Å². The Balaban J connectivity index is 0.00000528. The fraction of sp³-hybridized carbons (Fsp3) is 0.293. The van der Waals surface area contributed by atoms with E-state index in [2.05, 4.69) is 21.3 Å². The van der Waals surface area contributed by atoms with Crippen molar-refractivity contribution in [2.45, 2.75) is 57.1 Å². The van der Waals surface area contributed by atoms with Crippen molar-refractivity contribution in [2.24, 2.45) is 11.7 Å². The summed E-state index contributed by atoms with van der Waals surface area (Å²) in [6.07, 6.45) is -1.92. The van der Waals surface area contributed by atoms with Gasteiger partial charge >= 0.3 is 47.8 Å². The average Bonchev–Trinajstić information content (AvgIpc) is 3.52. The Morgan fingerprint density at radius 1 is 0.871 bits per heavy atom. The molecule has 0 heterocycles. The van der Waals surface area contributed by atoms with E-state index >= 15 is 0 Å². The number of primary amides is 1. The maximum atomic E-state index is 13.7. The molecule has 4 aromatic rings. The van der Waals surface area contributed by atoms with E-state index in [0.29, 0.717) is 0 Å². The molecule has 0 saturated heterocycles. The molecule has 4 aromatic carbocycles. The second-order valence-electron chi connectivity index (χ2n) is 14.3. The number of fused-ring (bicyclic) bond motifs is 3. The Bertz CT molecular complexity index is 2360. The summed E-state index contributed by atoms with van der Waals surface area (Å²) < 4.78 is 49.3. The molecule has 0 aliphatic heterocycles. The maximum absolute atomic E-state index is 13.7. The predicted molar refractivity (Wildman–Crippen MR) is 221 cm³/mol. The van der Waals surface area contributed by atoms with E-state index in [9.17, 15) is 47.1 Å². The third-order valence-corrected chi connectivity index (χ3v) is 10.2. The van der Waals surface area contributed by atoms with Crippen molar-refractivity contribution >= 4 is 51.6 Å². The Morgan fingerprint density at radius 2 is 1.50 bits per heavy atom. The number of non-ortho nitro benzene ring substituents is 1. The number of rotatable bonds is 18. The number of nitrogens with zero attached hydrogens (tertiary/aromatic N) is 1. The van der Waals surface area contributed by atoms with Crippen molar-refractivity contribution in [1.29, 1.82) is 0 Å². The van der Waals surface area contributed by atoms with Crippen LogP contribution in [0.3, 0.4) is 0 Å². The zero-order valence-electron chi connectivity index (χ0n) is 35.0. The minimum Gasteiger partial charge on any atom is -1.00 e. The molecule has 0 saturated carbocycles. The first-order valence-electron chi connectivity index (χ1n) is 18.9. The summed E-state index contributed by atoms with van der Waals surface area (Å²) in [6, 6.07) is 20.9. The van der Waals surface area contributed by atoms with Crippen LogP contribution in [0, 0.1) is 16.0 Å². The number of nitro benzene ring substituents is 1. The van der Waals surface area contributed by atoms with Gasteiger partial charge in [0, 0.05) is 30.3 Å². The van der Waals surface area contributed by atoms with Crippen LogP contribution in [0.15, 0.2) is 91.0 Å². The van der Waals surface area contributed by atoms with Gasteiger partial charge in [-0.2, -0.15) is 8.42 Å². The van der Waals surface area contributed by atoms with Gasteiger partial charge in [-0.05, 0) is 76.4 Å². The Morgan fingerprint density at radius 3 is 2.08 bits per heavy atom. The van der Waals surface area contributed by atoms with E-state index in [0.717, 1.165) is 34.4 Å². The number of carbonyl (C=O) groups is 5. The molecule has 0 unspecified atom stereocenters. The maximum Gasteiger partial charge on any atom is 1.00 e. The SMILES string of the molecule is CC(C)[C@H](NC(=O)OCC1c2ccccc2-c2ccccc21)C(=O)N[C@@H](CCCNC(N)=O)C(=O)Nc1ccc(COC(=O)Oc2ccc([N+](=O)[O-])cc2)c(CS(=O)(=O)O)c1.[H-].[Na+]. The first-order valence-corrected chi connectivity index (χ1v) is 20.5. The van der Waals surface area contributed by atoms with Crippen molar-refractivity contribution in [3.05, 3.63) is 123 Å². The standard InChI is InChI=1S/C41H44N6O13S.Na.H/c1-24(2)36(46-40(51)58-22-34-32-10-5-3-8-30(32)31-9-4-6-11-33(31)34)38(49)45-35(12-7-19-43-39(42)50)37(48)44-27-14-13-25(26(20-27)23-61(55,56)57)21-59-41(52)60-29-17-15-28(16-18-29)47(53)54;;/h3-6,8-11,13-18,20,24,34-36H,7,12,19,21-23H2,1-2H3,(H,44,48)(H,45,49)(H,46,51)(H3,42,43,50)(H,55,56,57);;/q;+1;-1/t35-,36-;;/m0../s1. The number of nitrogens with two attached hydrogens (primary N) is 1. The Kier molecular flexibility index (Phi) is 17.4. The summed E-state index contributed by atoms with van der Waals surface area (Å²) in [5.41, 5.74) is 9.11. The van der Waals surface area contributed by atoms with Crippen molar-refractivity contribution < 1.29 is 87.1 Å². The fourth-order valence-corrected chi connectivity index (χ4v) is 7.31. The number of ether oxygens (including phenoxy) is 3. The van der Waals surface area contributed by atoms with Gasteiger partial charge in [-0.1, -0.05) is 68.4 Å². The Labute approximate surface area is 380 Å². The molecule has 7 N–H and O–H groups in total. The van der Waals surface area contributed by atoms with Gasteiger partial charge < -0.3 is 42.6 Å². The largest absolute Gasteiger partial charge is 1.00 e. The number of nitro groups is 1. The predicted octanol–water partition coefficient (Wildman–Crippen LogP) is 2.25. The van der Waals surface area contributed by atoms with Crippen molar-refractivity contribution in [2.75, 3.05) is 18.5 Å². The van der Waals surface area contributed by atoms with E-state index < -0.39 is 75.5 Å². The average molecular weight is 885 g/mol. The normalized spacial score (nSPS) is 12.6. The molecule has 0 spiro atoms. The molecule has 1 aliphatic rings. The van der Waals surface area contributed by atoms with Gasteiger partial charge in [-0.25, -0.2) is 14.4 Å². The summed E-state index contributed by atoms with van der Waals surface area (Å²) in [5, 5.41) is 21.2. The van der Waals surface area contributed by atoms with Gasteiger partial charge in [0.2, 0.25) is 11.8 Å². The molecule has 2 atom stereocenters. The van der Waals surface area contributed by atoms with E-state index in [1.54, 1.807) is 13.8 Å². The molecular formula is C41H45N6NaO13S. The minimum atomic E-state index is -4.65. The van der Waals surface area contributed by atoms with E-state index in [4.69, 9.17) is 19.9 Å². The van der Waals surface area contributed by atoms with Crippen LogP contribution in [0.25, 0.3) is 11.1 Å². The number of hydrogen-bond acceptors (Lipinski definition) is 12. The molecule has 5 amide bonds. The van der Waals surface area contributed by atoms with Gasteiger partial charge in [0.15, 0.2) is 0 Å². The summed E-state index contributed by atoms with van der Waals surface area (Å²) in [6.45, 7) is 2.90. The van der Waals surface area contributed by atoms with Crippen LogP contribution >= 0.6 is 0 Å². The van der Waals surface area contributed by atoms with Crippen LogP contribution in [0.2, 0.25) is 0 Å². The van der Waals surface area contributed by atoms with Crippen molar-refractivity contribution in [3.63, 3.8) is 0 Å².